The maximum atomic E-state index is 13.2. The predicted molar refractivity (Wildman–Crippen MR) is 89.6 cm³/mol. The quantitative estimate of drug-likeness (QED) is 0.862. The summed E-state index contributed by atoms with van der Waals surface area (Å²) in [5.74, 6) is -1.00. The van der Waals surface area contributed by atoms with Crippen molar-refractivity contribution in [2.45, 2.75) is 50.6 Å². The van der Waals surface area contributed by atoms with E-state index < -0.39 is 5.97 Å². The molecule has 0 radical (unpaired) electrons. The molecule has 4 rings (SSSR count). The Morgan fingerprint density at radius 1 is 1.12 bits per heavy atom. The molecular weight excluding hydrogens is 304 g/mol. The van der Waals surface area contributed by atoms with Gasteiger partial charge in [0.25, 0.3) is 0 Å². The Kier molecular flexibility index (Phi) is 3.74. The van der Waals surface area contributed by atoms with Crippen molar-refractivity contribution in [2.75, 3.05) is 13.1 Å². The van der Waals surface area contributed by atoms with Crippen molar-refractivity contribution in [3.8, 4) is 0 Å². The van der Waals surface area contributed by atoms with Crippen LogP contribution < -0.4 is 0 Å². The van der Waals surface area contributed by atoms with Crippen LogP contribution in [0, 0.1) is 5.92 Å². The second kappa shape index (κ2) is 5.80. The van der Waals surface area contributed by atoms with Crippen molar-refractivity contribution >= 4 is 12.0 Å². The van der Waals surface area contributed by atoms with E-state index in [2.05, 4.69) is 18.2 Å². The molecule has 1 N–H and O–H groups in total. The number of piperidine rings is 1. The predicted octanol–water partition coefficient (Wildman–Crippen LogP) is 2.88. The molecule has 1 aromatic rings. The van der Waals surface area contributed by atoms with E-state index >= 15 is 0 Å². The zero-order valence-electron chi connectivity index (χ0n) is 13.9. The number of likely N-dealkylation sites (tertiary alicyclic amines) is 1. The third kappa shape index (κ3) is 2.46. The van der Waals surface area contributed by atoms with E-state index in [1.807, 2.05) is 15.9 Å². The minimum Gasteiger partial charge on any atom is -0.481 e. The fourth-order valence-corrected chi connectivity index (χ4v) is 4.59. The number of amides is 2. The molecule has 1 spiro atoms. The van der Waals surface area contributed by atoms with Crippen molar-refractivity contribution in [2.24, 2.45) is 5.92 Å². The number of hydrogen-bond donors (Lipinski definition) is 1. The van der Waals surface area contributed by atoms with E-state index in [1.54, 1.807) is 0 Å². The number of urea groups is 1. The van der Waals surface area contributed by atoms with Crippen LogP contribution in [-0.2, 0) is 17.8 Å². The van der Waals surface area contributed by atoms with Gasteiger partial charge in [-0.05, 0) is 49.7 Å². The molecule has 1 unspecified atom stereocenters. The fraction of sp³-hybridized carbons (Fsp3) is 0.579. The second-order valence-corrected chi connectivity index (χ2v) is 7.48. The summed E-state index contributed by atoms with van der Waals surface area (Å²) in [6, 6.07) is 8.43. The Hall–Kier alpha value is -2.04. The zero-order valence-corrected chi connectivity index (χ0v) is 13.9. The largest absolute Gasteiger partial charge is 0.481 e. The van der Waals surface area contributed by atoms with Gasteiger partial charge in [0, 0.05) is 25.2 Å². The van der Waals surface area contributed by atoms with Gasteiger partial charge < -0.3 is 14.9 Å². The lowest BCUT2D eigenvalue weighted by Gasteiger charge is -2.55. The smallest absolute Gasteiger partial charge is 0.320 e. The average molecular weight is 328 g/mol. The van der Waals surface area contributed by atoms with E-state index in [-0.39, 0.29) is 17.5 Å². The first-order chi connectivity index (χ1) is 11.6. The number of carboxylic acids is 1. The fourth-order valence-electron chi connectivity index (χ4n) is 4.59. The van der Waals surface area contributed by atoms with Gasteiger partial charge in [-0.2, -0.15) is 0 Å². The molecule has 0 aromatic heterocycles. The number of carboxylic acid groups (broad SMARTS) is 1. The zero-order chi connectivity index (χ0) is 16.7. The van der Waals surface area contributed by atoms with Crippen LogP contribution in [0.15, 0.2) is 24.3 Å². The standard InChI is InChI=1S/C19H24N2O3/c22-17(23)15-7-11-21(19(12-15)8-3-9-19)18(24)20-10-6-14-4-1-2-5-16(14)13-20/h1-2,4-5,15H,3,6-13H2,(H,22,23). The Bertz CT molecular complexity index is 668. The van der Waals surface area contributed by atoms with Crippen LogP contribution in [0.5, 0.6) is 0 Å². The molecule has 1 atom stereocenters. The Morgan fingerprint density at radius 2 is 1.88 bits per heavy atom. The average Bonchev–Trinajstić information content (AvgIpc) is 2.58. The van der Waals surface area contributed by atoms with Gasteiger partial charge in [-0.1, -0.05) is 24.3 Å². The Morgan fingerprint density at radius 3 is 2.54 bits per heavy atom. The summed E-state index contributed by atoms with van der Waals surface area (Å²) in [5, 5.41) is 9.36. The Balaban J connectivity index is 1.51. The summed E-state index contributed by atoms with van der Waals surface area (Å²) in [4.78, 5) is 28.5. The number of nitrogens with zero attached hydrogens (tertiary/aromatic N) is 2. The van der Waals surface area contributed by atoms with Crippen LogP contribution in [0.1, 0.15) is 43.2 Å². The maximum Gasteiger partial charge on any atom is 0.320 e. The molecule has 2 amide bonds. The van der Waals surface area contributed by atoms with E-state index in [0.29, 0.717) is 25.9 Å². The summed E-state index contributed by atoms with van der Waals surface area (Å²) in [6.45, 7) is 2.00. The van der Waals surface area contributed by atoms with Crippen LogP contribution in [0.4, 0.5) is 4.79 Å². The van der Waals surface area contributed by atoms with E-state index in [0.717, 1.165) is 32.2 Å². The summed E-state index contributed by atoms with van der Waals surface area (Å²) in [6.07, 6.45) is 5.10. The van der Waals surface area contributed by atoms with Gasteiger partial charge in [-0.3, -0.25) is 4.79 Å². The maximum absolute atomic E-state index is 13.2. The number of benzene rings is 1. The lowest BCUT2D eigenvalue weighted by atomic mass is 9.67. The highest BCUT2D eigenvalue weighted by Crippen LogP contribution is 2.46. The molecular formula is C19H24N2O3. The van der Waals surface area contributed by atoms with E-state index in [4.69, 9.17) is 0 Å². The van der Waals surface area contributed by atoms with Crippen molar-refractivity contribution in [1.82, 2.24) is 9.80 Å². The SMILES string of the molecule is O=C(O)C1CCN(C(=O)N2CCc3ccccc3C2)C2(CCC2)C1. The summed E-state index contributed by atoms with van der Waals surface area (Å²) in [7, 11) is 0. The van der Waals surface area contributed by atoms with Crippen LogP contribution in [0.2, 0.25) is 0 Å². The highest BCUT2D eigenvalue weighted by Gasteiger charge is 2.51. The van der Waals surface area contributed by atoms with Gasteiger partial charge in [0.15, 0.2) is 0 Å². The first kappa shape index (κ1) is 15.5. The molecule has 1 aliphatic carbocycles. The third-order valence-corrected chi connectivity index (χ3v) is 6.17. The monoisotopic (exact) mass is 328 g/mol. The van der Waals surface area contributed by atoms with Gasteiger partial charge in [0.1, 0.15) is 0 Å². The molecule has 5 nitrogen and oxygen atoms in total. The van der Waals surface area contributed by atoms with Crippen molar-refractivity contribution in [3.05, 3.63) is 35.4 Å². The second-order valence-electron chi connectivity index (χ2n) is 7.48. The highest BCUT2D eigenvalue weighted by atomic mass is 16.4. The molecule has 128 valence electrons. The molecule has 2 aliphatic heterocycles. The number of fused-ring (bicyclic) bond motifs is 1. The van der Waals surface area contributed by atoms with Gasteiger partial charge in [-0.15, -0.1) is 0 Å². The minimum atomic E-state index is -0.708. The minimum absolute atomic E-state index is 0.105. The van der Waals surface area contributed by atoms with Gasteiger partial charge >= 0.3 is 12.0 Å². The third-order valence-electron chi connectivity index (χ3n) is 6.17. The molecule has 5 heteroatoms. The molecule has 2 fully saturated rings. The molecule has 1 saturated heterocycles. The van der Waals surface area contributed by atoms with Gasteiger partial charge in [0.05, 0.1) is 5.92 Å². The number of carbonyl (C=O) groups is 2. The summed E-state index contributed by atoms with van der Waals surface area (Å²) < 4.78 is 0. The topological polar surface area (TPSA) is 60.9 Å². The Labute approximate surface area is 142 Å². The van der Waals surface area contributed by atoms with Gasteiger partial charge in [-0.25, -0.2) is 4.79 Å². The molecule has 3 aliphatic rings. The number of carbonyl (C=O) groups excluding carboxylic acids is 1. The first-order valence-electron chi connectivity index (χ1n) is 8.95. The van der Waals surface area contributed by atoms with Crippen molar-refractivity contribution < 1.29 is 14.7 Å². The first-order valence-corrected chi connectivity index (χ1v) is 8.95. The molecule has 2 heterocycles. The number of rotatable bonds is 1. The van der Waals surface area contributed by atoms with E-state index in [1.165, 1.54) is 11.1 Å². The van der Waals surface area contributed by atoms with Crippen LogP contribution in [0.3, 0.4) is 0 Å². The van der Waals surface area contributed by atoms with Crippen molar-refractivity contribution in [3.63, 3.8) is 0 Å². The highest BCUT2D eigenvalue weighted by molar-refractivity contribution is 5.77. The lowest BCUT2D eigenvalue weighted by molar-refractivity contribution is -0.147. The molecule has 24 heavy (non-hydrogen) atoms. The molecule has 1 aromatic carbocycles. The normalized spacial score (nSPS) is 25.1. The molecule has 0 bridgehead atoms. The van der Waals surface area contributed by atoms with Crippen LogP contribution in [0.25, 0.3) is 0 Å². The van der Waals surface area contributed by atoms with E-state index in [9.17, 15) is 14.7 Å². The molecule has 1 saturated carbocycles. The summed E-state index contributed by atoms with van der Waals surface area (Å²) in [5.41, 5.74) is 2.37. The number of hydrogen-bond acceptors (Lipinski definition) is 2. The van der Waals surface area contributed by atoms with Gasteiger partial charge in [0.2, 0.25) is 0 Å². The van der Waals surface area contributed by atoms with Crippen LogP contribution in [-0.4, -0.2) is 45.5 Å². The number of aliphatic carboxylic acids is 1. The lowest BCUT2D eigenvalue weighted by Crippen LogP contribution is -2.63. The van der Waals surface area contributed by atoms with Crippen LogP contribution >= 0.6 is 0 Å². The summed E-state index contributed by atoms with van der Waals surface area (Å²) >= 11 is 0. The van der Waals surface area contributed by atoms with Crippen molar-refractivity contribution in [1.29, 1.82) is 0 Å².